The number of hydrogen-bond acceptors (Lipinski definition) is 2. The van der Waals surface area contributed by atoms with E-state index in [1.165, 1.54) is 24.1 Å². The first kappa shape index (κ1) is 14.0. The Labute approximate surface area is 126 Å². The van der Waals surface area contributed by atoms with Crippen LogP contribution in [-0.4, -0.2) is 26.8 Å². The zero-order valence-electron chi connectivity index (χ0n) is 12.5. The van der Waals surface area contributed by atoms with Crippen LogP contribution < -0.4 is 14.4 Å². The molecule has 2 aromatic rings. The molecule has 21 heavy (non-hydrogen) atoms. The van der Waals surface area contributed by atoms with E-state index in [0.29, 0.717) is 0 Å². The molecule has 0 saturated carbocycles. The molecule has 1 atom stereocenters. The normalized spacial score (nSPS) is 17.1. The average Bonchev–Trinajstić information content (AvgIpc) is 2.55. The van der Waals surface area contributed by atoms with Crippen molar-refractivity contribution in [2.45, 2.75) is 13.0 Å². The summed E-state index contributed by atoms with van der Waals surface area (Å²) < 4.78 is 11.0. The van der Waals surface area contributed by atoms with Crippen molar-refractivity contribution in [1.29, 1.82) is 0 Å². The SMILES string of the molecule is COc1ccc(OCC[NH+]2CCc3ccccc3C2)cc1. The third-order valence-corrected chi connectivity index (χ3v) is 4.09. The first-order chi connectivity index (χ1) is 10.3. The highest BCUT2D eigenvalue weighted by Crippen LogP contribution is 2.16. The maximum absolute atomic E-state index is 5.82. The van der Waals surface area contributed by atoms with E-state index >= 15 is 0 Å². The Bertz CT molecular complexity index is 580. The Balaban J connectivity index is 1.48. The molecule has 0 radical (unpaired) electrons. The Morgan fingerprint density at radius 2 is 1.67 bits per heavy atom. The topological polar surface area (TPSA) is 22.9 Å². The van der Waals surface area contributed by atoms with Gasteiger partial charge >= 0.3 is 0 Å². The van der Waals surface area contributed by atoms with Gasteiger partial charge in [0.15, 0.2) is 0 Å². The van der Waals surface area contributed by atoms with Crippen LogP contribution in [0.2, 0.25) is 0 Å². The molecule has 3 rings (SSSR count). The fourth-order valence-corrected chi connectivity index (χ4v) is 2.84. The lowest BCUT2D eigenvalue weighted by atomic mass is 10.0. The number of methoxy groups -OCH3 is 1. The highest BCUT2D eigenvalue weighted by atomic mass is 16.5. The first-order valence-electron chi connectivity index (χ1n) is 7.52. The van der Waals surface area contributed by atoms with Crippen LogP contribution in [-0.2, 0) is 13.0 Å². The van der Waals surface area contributed by atoms with Crippen molar-refractivity contribution in [3.05, 3.63) is 59.7 Å². The Morgan fingerprint density at radius 1 is 0.952 bits per heavy atom. The molecule has 2 aromatic carbocycles. The molecule has 110 valence electrons. The molecule has 0 amide bonds. The van der Waals surface area contributed by atoms with Crippen LogP contribution in [0.15, 0.2) is 48.5 Å². The van der Waals surface area contributed by atoms with Gasteiger partial charge in [0.25, 0.3) is 0 Å². The van der Waals surface area contributed by atoms with E-state index < -0.39 is 0 Å². The van der Waals surface area contributed by atoms with Crippen LogP contribution in [0.25, 0.3) is 0 Å². The number of rotatable bonds is 5. The van der Waals surface area contributed by atoms with Gasteiger partial charge in [-0.25, -0.2) is 0 Å². The lowest BCUT2D eigenvalue weighted by Gasteiger charge is -2.25. The van der Waals surface area contributed by atoms with E-state index in [1.807, 2.05) is 24.3 Å². The van der Waals surface area contributed by atoms with Gasteiger partial charge in [0.1, 0.15) is 31.2 Å². The van der Waals surface area contributed by atoms with Crippen LogP contribution in [0.4, 0.5) is 0 Å². The van der Waals surface area contributed by atoms with E-state index in [9.17, 15) is 0 Å². The largest absolute Gasteiger partial charge is 0.497 e. The summed E-state index contributed by atoms with van der Waals surface area (Å²) >= 11 is 0. The summed E-state index contributed by atoms with van der Waals surface area (Å²) in [5.74, 6) is 1.77. The summed E-state index contributed by atoms with van der Waals surface area (Å²) in [7, 11) is 1.67. The second kappa shape index (κ2) is 6.64. The van der Waals surface area contributed by atoms with Crippen LogP contribution in [0.3, 0.4) is 0 Å². The second-order valence-electron chi connectivity index (χ2n) is 5.47. The maximum Gasteiger partial charge on any atom is 0.137 e. The highest BCUT2D eigenvalue weighted by Gasteiger charge is 2.18. The maximum atomic E-state index is 5.82. The van der Waals surface area contributed by atoms with Crippen molar-refractivity contribution in [3.8, 4) is 11.5 Å². The van der Waals surface area contributed by atoms with Crippen molar-refractivity contribution < 1.29 is 14.4 Å². The highest BCUT2D eigenvalue weighted by molar-refractivity contribution is 5.31. The quantitative estimate of drug-likeness (QED) is 0.903. The van der Waals surface area contributed by atoms with Gasteiger partial charge in [0.05, 0.1) is 13.7 Å². The number of fused-ring (bicyclic) bond motifs is 1. The van der Waals surface area contributed by atoms with Crippen molar-refractivity contribution >= 4 is 0 Å². The Kier molecular flexibility index (Phi) is 4.41. The molecule has 1 aliphatic rings. The predicted octanol–water partition coefficient (Wildman–Crippen LogP) is 1.72. The molecule has 0 bridgehead atoms. The minimum atomic E-state index is 0.754. The summed E-state index contributed by atoms with van der Waals surface area (Å²) in [5.41, 5.74) is 3.00. The van der Waals surface area contributed by atoms with E-state index in [2.05, 4.69) is 24.3 Å². The summed E-state index contributed by atoms with van der Waals surface area (Å²) in [6, 6.07) is 16.5. The van der Waals surface area contributed by atoms with Crippen LogP contribution in [0.5, 0.6) is 11.5 Å². The third-order valence-electron chi connectivity index (χ3n) is 4.09. The molecule has 0 spiro atoms. The Morgan fingerprint density at radius 3 is 2.43 bits per heavy atom. The lowest BCUT2D eigenvalue weighted by molar-refractivity contribution is -0.915. The summed E-state index contributed by atoms with van der Waals surface area (Å²) in [5, 5.41) is 0. The third kappa shape index (κ3) is 3.56. The molecule has 1 N–H and O–H groups in total. The lowest BCUT2D eigenvalue weighted by Crippen LogP contribution is -3.12. The Hall–Kier alpha value is -2.00. The number of hydrogen-bond donors (Lipinski definition) is 1. The molecule has 1 heterocycles. The number of quaternary nitrogens is 1. The van der Waals surface area contributed by atoms with Gasteiger partial charge in [0, 0.05) is 12.0 Å². The smallest absolute Gasteiger partial charge is 0.137 e. The van der Waals surface area contributed by atoms with Gasteiger partial charge in [0.2, 0.25) is 0 Å². The molecular formula is C18H22NO2+. The minimum absolute atomic E-state index is 0.754. The van der Waals surface area contributed by atoms with E-state index in [1.54, 1.807) is 12.0 Å². The van der Waals surface area contributed by atoms with Gasteiger partial charge in [-0.3, -0.25) is 0 Å². The van der Waals surface area contributed by atoms with Gasteiger partial charge < -0.3 is 14.4 Å². The zero-order valence-corrected chi connectivity index (χ0v) is 12.5. The monoisotopic (exact) mass is 284 g/mol. The minimum Gasteiger partial charge on any atom is -0.497 e. The molecule has 1 unspecified atom stereocenters. The molecule has 0 saturated heterocycles. The molecule has 3 nitrogen and oxygen atoms in total. The number of nitrogens with one attached hydrogen (secondary N) is 1. The molecule has 0 aromatic heterocycles. The van der Waals surface area contributed by atoms with Gasteiger partial charge in [-0.15, -0.1) is 0 Å². The fraction of sp³-hybridized carbons (Fsp3) is 0.333. The van der Waals surface area contributed by atoms with E-state index in [4.69, 9.17) is 9.47 Å². The number of benzene rings is 2. The van der Waals surface area contributed by atoms with Crippen molar-refractivity contribution in [1.82, 2.24) is 0 Å². The van der Waals surface area contributed by atoms with Crippen molar-refractivity contribution in [2.24, 2.45) is 0 Å². The van der Waals surface area contributed by atoms with Crippen molar-refractivity contribution in [2.75, 3.05) is 26.8 Å². The molecule has 1 aliphatic heterocycles. The van der Waals surface area contributed by atoms with Crippen LogP contribution in [0, 0.1) is 0 Å². The van der Waals surface area contributed by atoms with E-state index in [0.717, 1.165) is 31.2 Å². The van der Waals surface area contributed by atoms with Gasteiger partial charge in [-0.05, 0) is 29.8 Å². The average molecular weight is 284 g/mol. The van der Waals surface area contributed by atoms with Gasteiger partial charge in [-0.2, -0.15) is 0 Å². The van der Waals surface area contributed by atoms with Crippen molar-refractivity contribution in [3.63, 3.8) is 0 Å². The van der Waals surface area contributed by atoms with Crippen LogP contribution >= 0.6 is 0 Å². The van der Waals surface area contributed by atoms with Crippen LogP contribution in [0.1, 0.15) is 11.1 Å². The first-order valence-corrected chi connectivity index (χ1v) is 7.52. The summed E-state index contributed by atoms with van der Waals surface area (Å²) in [4.78, 5) is 1.60. The fourth-order valence-electron chi connectivity index (χ4n) is 2.84. The predicted molar refractivity (Wildman–Crippen MR) is 83.0 cm³/mol. The van der Waals surface area contributed by atoms with Gasteiger partial charge in [-0.1, -0.05) is 24.3 Å². The number of ether oxygens (including phenoxy) is 2. The standard InChI is InChI=1S/C18H21NO2/c1-20-17-6-8-18(9-7-17)21-13-12-19-11-10-15-4-2-3-5-16(15)14-19/h2-9H,10-14H2,1H3/p+1. The molecule has 0 aliphatic carbocycles. The molecule has 0 fully saturated rings. The molecular weight excluding hydrogens is 262 g/mol. The second-order valence-corrected chi connectivity index (χ2v) is 5.47. The summed E-state index contributed by atoms with van der Waals surface area (Å²) in [6.07, 6.45) is 1.17. The molecule has 3 heteroatoms. The van der Waals surface area contributed by atoms with E-state index in [-0.39, 0.29) is 0 Å². The summed E-state index contributed by atoms with van der Waals surface area (Å²) in [6.45, 7) is 4.11. The zero-order chi connectivity index (χ0) is 14.5.